The molecule has 1 N–H and O–H groups in total. The maximum Gasteiger partial charge on any atom is 0.0432 e. The van der Waals surface area contributed by atoms with Crippen molar-refractivity contribution in [2.24, 2.45) is 0 Å². The van der Waals surface area contributed by atoms with Crippen LogP contribution < -0.4 is 10.2 Å². The molecule has 2 heteroatoms. The highest BCUT2D eigenvalue weighted by molar-refractivity contribution is 5.66. The second kappa shape index (κ2) is 3.74. The van der Waals surface area contributed by atoms with Crippen molar-refractivity contribution >= 4 is 5.69 Å². The van der Waals surface area contributed by atoms with Crippen molar-refractivity contribution < 1.29 is 0 Å². The molecule has 1 aromatic rings. The van der Waals surface area contributed by atoms with E-state index in [4.69, 9.17) is 0 Å². The Balaban J connectivity index is 2.11. The highest BCUT2D eigenvalue weighted by Crippen LogP contribution is 2.38. The first-order valence-corrected chi connectivity index (χ1v) is 6.72. The van der Waals surface area contributed by atoms with Gasteiger partial charge in [0.15, 0.2) is 0 Å². The van der Waals surface area contributed by atoms with Gasteiger partial charge in [-0.2, -0.15) is 0 Å². The average Bonchev–Trinajstić information content (AvgIpc) is 2.75. The van der Waals surface area contributed by atoms with E-state index in [9.17, 15) is 0 Å². The quantitative estimate of drug-likeness (QED) is 0.839. The summed E-state index contributed by atoms with van der Waals surface area (Å²) in [6.45, 7) is 7.01. The fourth-order valence-electron chi connectivity index (χ4n) is 3.10. The molecule has 2 aliphatic heterocycles. The van der Waals surface area contributed by atoms with Crippen LogP contribution in [0.1, 0.15) is 37.0 Å². The molecule has 0 atom stereocenters. The summed E-state index contributed by atoms with van der Waals surface area (Å²) < 4.78 is 0. The molecule has 2 aliphatic rings. The molecular weight excluding hydrogens is 208 g/mol. The SMILES string of the molecule is CNC(C)(C)c1cc2c3c(c1)CCN3CCC2. The van der Waals surface area contributed by atoms with Crippen LogP contribution in [0.5, 0.6) is 0 Å². The molecule has 92 valence electrons. The average molecular weight is 230 g/mol. The van der Waals surface area contributed by atoms with Gasteiger partial charge in [-0.25, -0.2) is 0 Å². The second-order valence-electron chi connectivity index (χ2n) is 5.86. The third kappa shape index (κ3) is 1.66. The predicted molar refractivity (Wildman–Crippen MR) is 72.8 cm³/mol. The first kappa shape index (κ1) is 11.1. The van der Waals surface area contributed by atoms with E-state index in [2.05, 4.69) is 36.2 Å². The number of hydrogen-bond acceptors (Lipinski definition) is 2. The largest absolute Gasteiger partial charge is 0.371 e. The monoisotopic (exact) mass is 230 g/mol. The lowest BCUT2D eigenvalue weighted by Crippen LogP contribution is -2.33. The molecular formula is C15H22N2. The molecule has 17 heavy (non-hydrogen) atoms. The maximum absolute atomic E-state index is 3.42. The van der Waals surface area contributed by atoms with Crippen LogP contribution in [0.15, 0.2) is 12.1 Å². The number of rotatable bonds is 2. The molecule has 0 unspecified atom stereocenters. The van der Waals surface area contributed by atoms with E-state index in [1.165, 1.54) is 37.9 Å². The highest BCUT2D eigenvalue weighted by atomic mass is 15.2. The Hall–Kier alpha value is -1.02. The molecule has 2 nitrogen and oxygen atoms in total. The maximum atomic E-state index is 3.42. The summed E-state index contributed by atoms with van der Waals surface area (Å²) >= 11 is 0. The predicted octanol–water partition coefficient (Wildman–Crippen LogP) is 2.45. The van der Waals surface area contributed by atoms with Gasteiger partial charge >= 0.3 is 0 Å². The summed E-state index contributed by atoms with van der Waals surface area (Å²) in [4.78, 5) is 2.57. The van der Waals surface area contributed by atoms with Gasteiger partial charge in [0.1, 0.15) is 0 Å². The van der Waals surface area contributed by atoms with Crippen LogP contribution in [-0.2, 0) is 18.4 Å². The smallest absolute Gasteiger partial charge is 0.0432 e. The van der Waals surface area contributed by atoms with E-state index < -0.39 is 0 Å². The zero-order valence-corrected chi connectivity index (χ0v) is 11.1. The zero-order chi connectivity index (χ0) is 12.0. The number of benzene rings is 1. The van der Waals surface area contributed by atoms with Crippen LogP contribution in [0, 0.1) is 0 Å². The Kier molecular flexibility index (Phi) is 2.44. The minimum absolute atomic E-state index is 0.0798. The molecule has 0 aliphatic carbocycles. The van der Waals surface area contributed by atoms with Gasteiger partial charge in [-0.3, -0.25) is 0 Å². The minimum Gasteiger partial charge on any atom is -0.371 e. The number of hydrogen-bond donors (Lipinski definition) is 1. The Labute approximate surface area is 104 Å². The van der Waals surface area contributed by atoms with Crippen LogP contribution in [0.3, 0.4) is 0 Å². The van der Waals surface area contributed by atoms with Gasteiger partial charge in [-0.05, 0) is 56.8 Å². The molecule has 0 radical (unpaired) electrons. The molecule has 0 saturated heterocycles. The molecule has 3 rings (SSSR count). The third-order valence-corrected chi connectivity index (χ3v) is 4.46. The van der Waals surface area contributed by atoms with Crippen molar-refractivity contribution in [2.75, 3.05) is 25.0 Å². The van der Waals surface area contributed by atoms with Gasteiger partial charge in [0.05, 0.1) is 0 Å². The first-order valence-electron chi connectivity index (χ1n) is 6.72. The third-order valence-electron chi connectivity index (χ3n) is 4.46. The van der Waals surface area contributed by atoms with E-state index in [1.54, 1.807) is 16.8 Å². The van der Waals surface area contributed by atoms with Crippen LogP contribution in [-0.4, -0.2) is 20.1 Å². The molecule has 0 saturated carbocycles. The Morgan fingerprint density at radius 1 is 1.12 bits per heavy atom. The normalized spacial score (nSPS) is 18.4. The summed E-state index contributed by atoms with van der Waals surface area (Å²) in [5.41, 5.74) is 6.23. The van der Waals surface area contributed by atoms with Crippen LogP contribution in [0.4, 0.5) is 5.69 Å². The van der Waals surface area contributed by atoms with Crippen LogP contribution in [0.25, 0.3) is 0 Å². The molecule has 0 spiro atoms. The Bertz CT molecular complexity index is 448. The van der Waals surface area contributed by atoms with Gasteiger partial charge < -0.3 is 10.2 Å². The fourth-order valence-corrected chi connectivity index (χ4v) is 3.10. The lowest BCUT2D eigenvalue weighted by atomic mass is 9.88. The van der Waals surface area contributed by atoms with E-state index in [-0.39, 0.29) is 5.54 Å². The van der Waals surface area contributed by atoms with Crippen molar-refractivity contribution in [3.8, 4) is 0 Å². The van der Waals surface area contributed by atoms with Crippen molar-refractivity contribution in [3.63, 3.8) is 0 Å². The summed E-state index contributed by atoms with van der Waals surface area (Å²) in [5.74, 6) is 0. The summed E-state index contributed by atoms with van der Waals surface area (Å²) in [5, 5.41) is 3.42. The van der Waals surface area contributed by atoms with E-state index in [0.717, 1.165) is 0 Å². The van der Waals surface area contributed by atoms with E-state index in [1.807, 2.05) is 7.05 Å². The number of nitrogens with one attached hydrogen (secondary N) is 1. The Morgan fingerprint density at radius 2 is 1.82 bits per heavy atom. The molecule has 0 amide bonds. The van der Waals surface area contributed by atoms with Gasteiger partial charge in [0.25, 0.3) is 0 Å². The molecule has 0 bridgehead atoms. The van der Waals surface area contributed by atoms with Crippen molar-refractivity contribution in [3.05, 3.63) is 28.8 Å². The van der Waals surface area contributed by atoms with Gasteiger partial charge in [-0.15, -0.1) is 0 Å². The van der Waals surface area contributed by atoms with Crippen molar-refractivity contribution in [2.45, 2.75) is 38.6 Å². The molecule has 2 heterocycles. The number of nitrogens with zero attached hydrogens (tertiary/aromatic N) is 1. The number of anilines is 1. The van der Waals surface area contributed by atoms with Gasteiger partial charge in [0.2, 0.25) is 0 Å². The number of aryl methyl sites for hydroxylation is 1. The van der Waals surface area contributed by atoms with E-state index >= 15 is 0 Å². The lowest BCUT2D eigenvalue weighted by molar-refractivity contribution is 0.444. The molecule has 0 fully saturated rings. The van der Waals surface area contributed by atoms with Crippen molar-refractivity contribution in [1.29, 1.82) is 0 Å². The van der Waals surface area contributed by atoms with E-state index in [0.29, 0.717) is 0 Å². The zero-order valence-electron chi connectivity index (χ0n) is 11.1. The highest BCUT2D eigenvalue weighted by Gasteiger charge is 2.28. The second-order valence-corrected chi connectivity index (χ2v) is 5.86. The van der Waals surface area contributed by atoms with Crippen molar-refractivity contribution in [1.82, 2.24) is 5.32 Å². The Morgan fingerprint density at radius 3 is 2.53 bits per heavy atom. The van der Waals surface area contributed by atoms with Gasteiger partial charge in [-0.1, -0.05) is 12.1 Å². The summed E-state index contributed by atoms with van der Waals surface area (Å²) in [7, 11) is 2.05. The topological polar surface area (TPSA) is 15.3 Å². The standard InChI is InChI=1S/C15H22N2/c1-15(2,16-3)13-9-11-5-4-7-17-8-6-12(10-13)14(11)17/h9-10,16H,4-8H2,1-3H3. The van der Waals surface area contributed by atoms with Crippen LogP contribution >= 0.6 is 0 Å². The molecule has 0 aromatic heterocycles. The fraction of sp³-hybridized carbons (Fsp3) is 0.600. The minimum atomic E-state index is 0.0798. The first-order chi connectivity index (χ1) is 8.12. The van der Waals surface area contributed by atoms with Crippen LogP contribution in [0.2, 0.25) is 0 Å². The summed E-state index contributed by atoms with van der Waals surface area (Å²) in [6, 6.07) is 4.84. The molecule has 1 aromatic carbocycles. The summed E-state index contributed by atoms with van der Waals surface area (Å²) in [6.07, 6.45) is 3.80. The van der Waals surface area contributed by atoms with Gasteiger partial charge in [0, 0.05) is 24.3 Å². The lowest BCUT2D eigenvalue weighted by Gasteiger charge is -2.30.